The second-order valence-electron chi connectivity index (χ2n) is 3.82. The molecule has 1 heterocycles. The number of carbonyl (C=O) groups excluding carboxylic acids is 1. The molecule has 3 heteroatoms. The number of hydrogen-bond acceptors (Lipinski definition) is 1. The van der Waals surface area contributed by atoms with Crippen molar-refractivity contribution in [2.24, 2.45) is 7.05 Å². The number of hydrogen-bond donors (Lipinski definition) is 0. The Bertz CT molecular complexity index is 528. The van der Waals surface area contributed by atoms with E-state index in [1.807, 2.05) is 36.0 Å². The first-order valence-corrected chi connectivity index (χ1v) is 5.18. The van der Waals surface area contributed by atoms with E-state index in [9.17, 15) is 4.79 Å². The van der Waals surface area contributed by atoms with Gasteiger partial charge in [0.2, 0.25) is 0 Å². The third kappa shape index (κ3) is 1.90. The molecule has 0 aliphatic heterocycles. The van der Waals surface area contributed by atoms with Crippen molar-refractivity contribution in [3.63, 3.8) is 0 Å². The Hall–Kier alpha value is -1.28. The van der Waals surface area contributed by atoms with Gasteiger partial charge in [-0.2, -0.15) is 0 Å². The van der Waals surface area contributed by atoms with Crippen molar-refractivity contribution < 1.29 is 4.79 Å². The highest BCUT2D eigenvalue weighted by atomic mass is 35.5. The molecule has 0 fully saturated rings. The molecule has 2 aromatic rings. The van der Waals surface area contributed by atoms with E-state index in [-0.39, 0.29) is 5.78 Å². The van der Waals surface area contributed by atoms with E-state index in [2.05, 4.69) is 0 Å². The van der Waals surface area contributed by atoms with E-state index in [1.165, 1.54) is 0 Å². The Morgan fingerprint density at radius 2 is 2.20 bits per heavy atom. The SMILES string of the molecule is CC(=O)Cc1ccc2c(c1)c(Cl)cn2C. The molecule has 0 aliphatic carbocycles. The summed E-state index contributed by atoms with van der Waals surface area (Å²) in [5.74, 6) is 0.168. The summed E-state index contributed by atoms with van der Waals surface area (Å²) in [5.41, 5.74) is 2.11. The second-order valence-corrected chi connectivity index (χ2v) is 4.23. The Labute approximate surface area is 93.5 Å². The van der Waals surface area contributed by atoms with Gasteiger partial charge in [0.25, 0.3) is 0 Å². The van der Waals surface area contributed by atoms with E-state index >= 15 is 0 Å². The van der Waals surface area contributed by atoms with Crippen LogP contribution in [0.2, 0.25) is 5.02 Å². The molecule has 0 radical (unpaired) electrons. The van der Waals surface area contributed by atoms with E-state index < -0.39 is 0 Å². The molecule has 0 saturated heterocycles. The first-order valence-electron chi connectivity index (χ1n) is 4.81. The standard InChI is InChI=1S/C12H12ClNO/c1-8(15)5-9-3-4-12-10(6-9)11(13)7-14(12)2/h3-4,6-7H,5H2,1-2H3. The largest absolute Gasteiger partial charge is 0.349 e. The maximum Gasteiger partial charge on any atom is 0.134 e. The molecule has 2 nitrogen and oxygen atoms in total. The molecule has 0 aliphatic rings. The van der Waals surface area contributed by atoms with E-state index in [1.54, 1.807) is 6.92 Å². The van der Waals surface area contributed by atoms with Crippen molar-refractivity contribution >= 4 is 28.3 Å². The van der Waals surface area contributed by atoms with Gasteiger partial charge in [-0.05, 0) is 24.6 Å². The van der Waals surface area contributed by atoms with E-state index in [0.717, 1.165) is 21.5 Å². The number of carbonyl (C=O) groups is 1. The topological polar surface area (TPSA) is 22.0 Å². The van der Waals surface area contributed by atoms with Crippen LogP contribution in [0, 0.1) is 0 Å². The van der Waals surface area contributed by atoms with Crippen molar-refractivity contribution in [2.45, 2.75) is 13.3 Å². The minimum atomic E-state index is 0.168. The molecule has 0 saturated carbocycles. The highest BCUT2D eigenvalue weighted by Crippen LogP contribution is 2.26. The third-order valence-corrected chi connectivity index (χ3v) is 2.76. The van der Waals surface area contributed by atoms with Crippen LogP contribution >= 0.6 is 11.6 Å². The van der Waals surface area contributed by atoms with Crippen molar-refractivity contribution in [1.82, 2.24) is 4.57 Å². The number of ketones is 1. The molecular weight excluding hydrogens is 210 g/mol. The summed E-state index contributed by atoms with van der Waals surface area (Å²) in [6, 6.07) is 5.96. The van der Waals surface area contributed by atoms with Crippen molar-refractivity contribution in [2.75, 3.05) is 0 Å². The van der Waals surface area contributed by atoms with Crippen LogP contribution in [0.25, 0.3) is 10.9 Å². The van der Waals surface area contributed by atoms with Crippen LogP contribution in [-0.2, 0) is 18.3 Å². The molecule has 0 amide bonds. The van der Waals surface area contributed by atoms with Crippen molar-refractivity contribution in [1.29, 1.82) is 0 Å². The molecule has 0 N–H and O–H groups in total. The lowest BCUT2D eigenvalue weighted by Crippen LogP contribution is -1.95. The van der Waals surface area contributed by atoms with Gasteiger partial charge in [-0.1, -0.05) is 17.7 Å². The fourth-order valence-corrected chi connectivity index (χ4v) is 2.09. The van der Waals surface area contributed by atoms with Gasteiger partial charge in [-0.15, -0.1) is 0 Å². The van der Waals surface area contributed by atoms with Crippen LogP contribution in [0.15, 0.2) is 24.4 Å². The molecule has 0 atom stereocenters. The summed E-state index contributed by atoms with van der Waals surface area (Å²) in [6.45, 7) is 1.59. The van der Waals surface area contributed by atoms with Crippen LogP contribution in [0.1, 0.15) is 12.5 Å². The van der Waals surface area contributed by atoms with Gasteiger partial charge in [0, 0.05) is 30.6 Å². The zero-order chi connectivity index (χ0) is 11.0. The summed E-state index contributed by atoms with van der Waals surface area (Å²) in [7, 11) is 1.96. The van der Waals surface area contributed by atoms with Crippen LogP contribution in [-0.4, -0.2) is 10.4 Å². The van der Waals surface area contributed by atoms with Crippen LogP contribution in [0.3, 0.4) is 0 Å². The number of halogens is 1. The number of rotatable bonds is 2. The molecule has 0 spiro atoms. The molecule has 1 aromatic heterocycles. The zero-order valence-electron chi connectivity index (χ0n) is 8.75. The van der Waals surface area contributed by atoms with Gasteiger partial charge in [0.15, 0.2) is 0 Å². The quantitative estimate of drug-likeness (QED) is 0.764. The van der Waals surface area contributed by atoms with Crippen molar-refractivity contribution in [3.05, 3.63) is 35.0 Å². The first kappa shape index (κ1) is 10.2. The van der Waals surface area contributed by atoms with Crippen LogP contribution in [0.5, 0.6) is 0 Å². The number of fused-ring (bicyclic) bond motifs is 1. The molecular formula is C12H12ClNO. The summed E-state index contributed by atoms with van der Waals surface area (Å²) >= 11 is 6.08. The van der Waals surface area contributed by atoms with Gasteiger partial charge >= 0.3 is 0 Å². The molecule has 1 aromatic carbocycles. The lowest BCUT2D eigenvalue weighted by molar-refractivity contribution is -0.116. The average Bonchev–Trinajstić information content (AvgIpc) is 2.41. The van der Waals surface area contributed by atoms with Gasteiger partial charge in [0.05, 0.1) is 5.02 Å². The second kappa shape index (κ2) is 3.70. The fourth-order valence-electron chi connectivity index (χ4n) is 1.79. The predicted octanol–water partition coefficient (Wildman–Crippen LogP) is 2.96. The molecule has 15 heavy (non-hydrogen) atoms. The normalized spacial score (nSPS) is 10.9. The summed E-state index contributed by atoms with van der Waals surface area (Å²) in [5, 5.41) is 1.75. The molecule has 2 rings (SSSR count). The monoisotopic (exact) mass is 221 g/mol. The van der Waals surface area contributed by atoms with Gasteiger partial charge in [-0.3, -0.25) is 4.79 Å². The zero-order valence-corrected chi connectivity index (χ0v) is 9.51. The predicted molar refractivity (Wildman–Crippen MR) is 62.3 cm³/mol. The number of nitrogens with zero attached hydrogens (tertiary/aromatic N) is 1. The maximum atomic E-state index is 11.0. The van der Waals surface area contributed by atoms with Crippen LogP contribution < -0.4 is 0 Å². The van der Waals surface area contributed by atoms with Gasteiger partial charge in [-0.25, -0.2) is 0 Å². The fraction of sp³-hybridized carbons (Fsp3) is 0.250. The Kier molecular flexibility index (Phi) is 2.53. The number of aromatic nitrogens is 1. The van der Waals surface area contributed by atoms with Gasteiger partial charge in [0.1, 0.15) is 5.78 Å². The smallest absolute Gasteiger partial charge is 0.134 e. The van der Waals surface area contributed by atoms with Crippen molar-refractivity contribution in [3.8, 4) is 0 Å². The Balaban J connectivity index is 2.55. The highest BCUT2D eigenvalue weighted by molar-refractivity contribution is 6.35. The lowest BCUT2D eigenvalue weighted by Gasteiger charge is -2.00. The Morgan fingerprint density at radius 3 is 2.87 bits per heavy atom. The third-order valence-electron chi connectivity index (χ3n) is 2.46. The molecule has 78 valence electrons. The summed E-state index contributed by atoms with van der Waals surface area (Å²) in [4.78, 5) is 11.0. The maximum absolute atomic E-state index is 11.0. The molecule has 0 unspecified atom stereocenters. The number of Topliss-reactive ketones (excluding diaryl/α,β-unsaturated/α-hetero) is 1. The number of benzene rings is 1. The minimum Gasteiger partial charge on any atom is -0.349 e. The number of aryl methyl sites for hydroxylation is 1. The van der Waals surface area contributed by atoms with Gasteiger partial charge < -0.3 is 4.57 Å². The summed E-state index contributed by atoms with van der Waals surface area (Å²) in [6.07, 6.45) is 2.35. The highest BCUT2D eigenvalue weighted by Gasteiger charge is 2.06. The average molecular weight is 222 g/mol. The first-order chi connectivity index (χ1) is 7.08. The minimum absolute atomic E-state index is 0.168. The van der Waals surface area contributed by atoms with E-state index in [4.69, 9.17) is 11.6 Å². The molecule has 0 bridgehead atoms. The Morgan fingerprint density at radius 1 is 1.47 bits per heavy atom. The van der Waals surface area contributed by atoms with E-state index in [0.29, 0.717) is 6.42 Å². The lowest BCUT2D eigenvalue weighted by atomic mass is 10.1. The summed E-state index contributed by atoms with van der Waals surface area (Å²) < 4.78 is 1.98. The van der Waals surface area contributed by atoms with Crippen LogP contribution in [0.4, 0.5) is 0 Å².